The van der Waals surface area contributed by atoms with Crippen molar-refractivity contribution < 1.29 is 9.53 Å². The van der Waals surface area contributed by atoms with Crippen LogP contribution in [-0.4, -0.2) is 11.9 Å². The number of carbonyl (C=O) groups excluding carboxylic acids is 1. The summed E-state index contributed by atoms with van der Waals surface area (Å²) in [6.45, 7) is 1.91. The first kappa shape index (κ1) is 15.3. The maximum Gasteiger partial charge on any atom is 0.363 e. The van der Waals surface area contributed by atoms with E-state index in [1.54, 1.807) is 18.2 Å². The van der Waals surface area contributed by atoms with Gasteiger partial charge in [0.1, 0.15) is 0 Å². The Kier molecular flexibility index (Phi) is 4.40. The van der Waals surface area contributed by atoms with Gasteiger partial charge in [0.05, 0.1) is 10.6 Å². The minimum Gasteiger partial charge on any atom is -0.402 e. The molecule has 3 rings (SSSR count). The molecule has 0 saturated carbocycles. The lowest BCUT2D eigenvalue weighted by Gasteiger charge is -2.00. The lowest BCUT2D eigenvalue weighted by atomic mass is 10.1. The van der Waals surface area contributed by atoms with Crippen LogP contribution in [0.15, 0.2) is 76.9 Å². The average molecular weight is 324 g/mol. The van der Waals surface area contributed by atoms with Crippen LogP contribution in [0.2, 0.25) is 5.02 Å². The highest BCUT2D eigenvalue weighted by atomic mass is 35.5. The van der Waals surface area contributed by atoms with Crippen LogP contribution in [0, 0.1) is 0 Å². The number of hydrogen-bond acceptors (Lipinski definition) is 3. The molecule has 23 heavy (non-hydrogen) atoms. The third-order valence-corrected chi connectivity index (χ3v) is 3.61. The summed E-state index contributed by atoms with van der Waals surface area (Å²) in [5, 5.41) is 0.497. The van der Waals surface area contributed by atoms with Crippen molar-refractivity contribution in [3.05, 3.63) is 88.1 Å². The second kappa shape index (κ2) is 6.63. The summed E-state index contributed by atoms with van der Waals surface area (Å²) >= 11 is 6.11. The van der Waals surface area contributed by atoms with Crippen molar-refractivity contribution in [1.82, 2.24) is 0 Å². The fourth-order valence-corrected chi connectivity index (χ4v) is 2.45. The van der Waals surface area contributed by atoms with Crippen LogP contribution in [0.1, 0.15) is 18.1 Å². The summed E-state index contributed by atoms with van der Waals surface area (Å²) in [4.78, 5) is 16.2. The van der Waals surface area contributed by atoms with Crippen molar-refractivity contribution in [2.75, 3.05) is 0 Å². The van der Waals surface area contributed by atoms with Crippen LogP contribution in [0.3, 0.4) is 0 Å². The van der Waals surface area contributed by atoms with Gasteiger partial charge in [0.2, 0.25) is 5.90 Å². The molecule has 2 aromatic rings. The molecule has 0 aliphatic carbocycles. The van der Waals surface area contributed by atoms with Crippen LogP contribution >= 0.6 is 11.6 Å². The molecule has 0 atom stereocenters. The number of cyclic esters (lactones) is 1. The van der Waals surface area contributed by atoms with E-state index in [9.17, 15) is 4.79 Å². The van der Waals surface area contributed by atoms with Crippen molar-refractivity contribution in [2.24, 2.45) is 4.99 Å². The van der Waals surface area contributed by atoms with Gasteiger partial charge in [-0.2, -0.15) is 0 Å². The molecule has 1 aliphatic rings. The van der Waals surface area contributed by atoms with Gasteiger partial charge < -0.3 is 4.74 Å². The van der Waals surface area contributed by atoms with Crippen LogP contribution in [0.4, 0.5) is 0 Å². The van der Waals surface area contributed by atoms with Crippen LogP contribution < -0.4 is 0 Å². The molecular formula is C19H14ClNO2. The molecule has 1 aliphatic heterocycles. The van der Waals surface area contributed by atoms with Gasteiger partial charge in [0, 0.05) is 0 Å². The number of hydrogen-bond donors (Lipinski definition) is 0. The Labute approximate surface area is 139 Å². The highest BCUT2D eigenvalue weighted by Gasteiger charge is 2.25. The van der Waals surface area contributed by atoms with Gasteiger partial charge in [-0.1, -0.05) is 60.1 Å². The number of carbonyl (C=O) groups is 1. The summed E-state index contributed by atoms with van der Waals surface area (Å²) in [7, 11) is 0. The Morgan fingerprint density at radius 1 is 1.09 bits per heavy atom. The maximum atomic E-state index is 12.0. The molecule has 114 valence electrons. The van der Waals surface area contributed by atoms with E-state index < -0.39 is 5.97 Å². The van der Waals surface area contributed by atoms with Gasteiger partial charge in [0.15, 0.2) is 5.70 Å². The Hall–Kier alpha value is -2.65. The second-order valence-corrected chi connectivity index (χ2v) is 5.52. The number of allylic oxidation sites excluding steroid dienone is 2. The second-order valence-electron chi connectivity index (χ2n) is 5.11. The van der Waals surface area contributed by atoms with Crippen molar-refractivity contribution in [1.29, 1.82) is 0 Å². The number of nitrogens with zero attached hydrogens (tertiary/aromatic N) is 1. The molecule has 0 spiro atoms. The van der Waals surface area contributed by atoms with Gasteiger partial charge in [-0.3, -0.25) is 0 Å². The summed E-state index contributed by atoms with van der Waals surface area (Å²) < 4.78 is 5.22. The first-order valence-electron chi connectivity index (χ1n) is 7.14. The zero-order chi connectivity index (χ0) is 16.2. The Bertz CT molecular complexity index is 835. The SMILES string of the molecule is CC(=Cc1ccccc1)C=C1N=C(c2ccccc2Cl)OC1=O. The Morgan fingerprint density at radius 3 is 2.52 bits per heavy atom. The summed E-state index contributed by atoms with van der Waals surface area (Å²) in [5.74, 6) is -0.236. The topological polar surface area (TPSA) is 38.7 Å². The molecule has 0 fully saturated rings. The standard InChI is InChI=1S/C19H14ClNO2/c1-13(11-14-7-3-2-4-8-14)12-17-19(22)23-18(21-17)15-9-5-6-10-16(15)20/h2-12H,1H3. The minimum atomic E-state index is -0.472. The molecule has 0 amide bonds. The molecular weight excluding hydrogens is 310 g/mol. The zero-order valence-electron chi connectivity index (χ0n) is 12.5. The van der Waals surface area contributed by atoms with Crippen LogP contribution in [-0.2, 0) is 9.53 Å². The third kappa shape index (κ3) is 3.58. The molecule has 0 saturated heterocycles. The van der Waals surface area contributed by atoms with E-state index in [0.29, 0.717) is 10.6 Å². The molecule has 1 heterocycles. The predicted octanol–water partition coefficient (Wildman–Crippen LogP) is 4.63. The minimum absolute atomic E-state index is 0.236. The summed E-state index contributed by atoms with van der Waals surface area (Å²) in [6, 6.07) is 17.0. The fraction of sp³-hybridized carbons (Fsp3) is 0.0526. The molecule has 0 bridgehead atoms. The van der Waals surface area contributed by atoms with Gasteiger partial charge in [0.25, 0.3) is 0 Å². The predicted molar refractivity (Wildman–Crippen MR) is 92.3 cm³/mol. The smallest absolute Gasteiger partial charge is 0.363 e. The number of benzene rings is 2. The van der Waals surface area contributed by atoms with Crippen molar-refractivity contribution >= 4 is 29.5 Å². The molecule has 4 heteroatoms. The molecule has 2 aromatic carbocycles. The zero-order valence-corrected chi connectivity index (χ0v) is 13.2. The van der Waals surface area contributed by atoms with Gasteiger partial charge in [-0.05, 0) is 36.3 Å². The Balaban J connectivity index is 1.89. The van der Waals surface area contributed by atoms with E-state index in [1.807, 2.05) is 55.5 Å². The van der Waals surface area contributed by atoms with E-state index in [4.69, 9.17) is 16.3 Å². The van der Waals surface area contributed by atoms with E-state index in [-0.39, 0.29) is 11.6 Å². The largest absolute Gasteiger partial charge is 0.402 e. The van der Waals surface area contributed by atoms with Gasteiger partial charge in [-0.25, -0.2) is 9.79 Å². The van der Waals surface area contributed by atoms with Crippen molar-refractivity contribution in [2.45, 2.75) is 6.92 Å². The first-order chi connectivity index (χ1) is 11.1. The monoisotopic (exact) mass is 323 g/mol. The molecule has 0 N–H and O–H groups in total. The summed E-state index contributed by atoms with van der Waals surface area (Å²) in [6.07, 6.45) is 3.68. The fourth-order valence-electron chi connectivity index (χ4n) is 2.23. The van der Waals surface area contributed by atoms with E-state index in [2.05, 4.69) is 4.99 Å². The lowest BCUT2D eigenvalue weighted by Crippen LogP contribution is -2.05. The van der Waals surface area contributed by atoms with Gasteiger partial charge >= 0.3 is 5.97 Å². The highest BCUT2D eigenvalue weighted by Crippen LogP contribution is 2.23. The summed E-state index contributed by atoms with van der Waals surface area (Å²) in [5.41, 5.74) is 2.84. The van der Waals surface area contributed by atoms with Crippen LogP contribution in [0.5, 0.6) is 0 Å². The molecule has 0 unspecified atom stereocenters. The lowest BCUT2D eigenvalue weighted by molar-refractivity contribution is -0.130. The number of ether oxygens (including phenoxy) is 1. The number of esters is 1. The van der Waals surface area contributed by atoms with Crippen molar-refractivity contribution in [3.8, 4) is 0 Å². The van der Waals surface area contributed by atoms with Gasteiger partial charge in [-0.15, -0.1) is 0 Å². The average Bonchev–Trinajstić information content (AvgIpc) is 2.89. The highest BCUT2D eigenvalue weighted by molar-refractivity contribution is 6.34. The third-order valence-electron chi connectivity index (χ3n) is 3.28. The molecule has 0 radical (unpaired) electrons. The normalized spacial score (nSPS) is 16.4. The number of halogens is 1. The quantitative estimate of drug-likeness (QED) is 0.610. The van der Waals surface area contributed by atoms with E-state index in [1.165, 1.54) is 0 Å². The first-order valence-corrected chi connectivity index (χ1v) is 7.52. The maximum absolute atomic E-state index is 12.0. The van der Waals surface area contributed by atoms with E-state index in [0.717, 1.165) is 11.1 Å². The van der Waals surface area contributed by atoms with Crippen LogP contribution in [0.25, 0.3) is 6.08 Å². The molecule has 0 aromatic heterocycles. The number of rotatable bonds is 3. The van der Waals surface area contributed by atoms with E-state index >= 15 is 0 Å². The molecule has 3 nitrogen and oxygen atoms in total. The number of aliphatic imine (C=N–C) groups is 1. The Morgan fingerprint density at radius 2 is 1.78 bits per heavy atom. The van der Waals surface area contributed by atoms with Crippen molar-refractivity contribution in [3.63, 3.8) is 0 Å².